The number of hydrogen-bond acceptors (Lipinski definition) is 6. The number of carbonyl (C=O) groups is 2. The van der Waals surface area contributed by atoms with Crippen LogP contribution in [0.5, 0.6) is 0 Å². The molecular formula is C23H26N4O5S2. The number of nitrogens with one attached hydrogen (secondary N) is 3. The number of alkyl carbamates (subject to hydrolysis) is 1. The summed E-state index contributed by atoms with van der Waals surface area (Å²) in [6.45, 7) is 1.89. The van der Waals surface area contributed by atoms with Gasteiger partial charge < -0.3 is 15.4 Å². The van der Waals surface area contributed by atoms with Gasteiger partial charge in [-0.2, -0.15) is 0 Å². The molecule has 1 unspecified atom stereocenters. The predicted molar refractivity (Wildman–Crippen MR) is 132 cm³/mol. The first-order chi connectivity index (χ1) is 16.3. The van der Waals surface area contributed by atoms with Crippen molar-refractivity contribution in [2.75, 3.05) is 11.8 Å². The molecule has 0 radical (unpaired) electrons. The normalized spacial score (nSPS) is 13.4. The van der Waals surface area contributed by atoms with Crippen molar-refractivity contribution in [3.05, 3.63) is 81.8 Å². The Labute approximate surface area is 204 Å². The molecule has 3 atom stereocenters. The summed E-state index contributed by atoms with van der Waals surface area (Å²) >= 11 is -0.676. The molecule has 0 bridgehead atoms. The fraction of sp³-hybridized carbons (Fsp3) is 0.261. The fourth-order valence-electron chi connectivity index (χ4n) is 3.35. The zero-order valence-corrected chi connectivity index (χ0v) is 20.3. The number of anilines is 1. The van der Waals surface area contributed by atoms with Crippen molar-refractivity contribution in [1.82, 2.24) is 15.6 Å². The van der Waals surface area contributed by atoms with Gasteiger partial charge in [-0.1, -0.05) is 42.5 Å². The maximum atomic E-state index is 13.3. The third-order valence-electron chi connectivity index (χ3n) is 4.99. The Kier molecular flexibility index (Phi) is 9.14. The van der Waals surface area contributed by atoms with E-state index >= 15 is 0 Å². The van der Waals surface area contributed by atoms with Gasteiger partial charge in [0.1, 0.15) is 6.04 Å². The Morgan fingerprint density at radius 3 is 2.32 bits per heavy atom. The number of amides is 2. The topological polar surface area (TPSA) is 130 Å². The molecule has 0 aliphatic heterocycles. The minimum absolute atomic E-state index is 0.295. The Hall–Kier alpha value is -3.28. The quantitative estimate of drug-likeness (QED) is 0.315. The summed E-state index contributed by atoms with van der Waals surface area (Å²) in [6, 6.07) is 15.1. The maximum absolute atomic E-state index is 13.3. The van der Waals surface area contributed by atoms with E-state index in [2.05, 4.69) is 20.3 Å². The molecule has 3 rings (SSSR count). The van der Waals surface area contributed by atoms with Crippen LogP contribution in [-0.4, -0.2) is 38.9 Å². The summed E-state index contributed by atoms with van der Waals surface area (Å²) in [5.41, 5.74) is 3.00. The zero-order chi connectivity index (χ0) is 24.5. The van der Waals surface area contributed by atoms with E-state index in [0.717, 1.165) is 16.1 Å². The summed E-state index contributed by atoms with van der Waals surface area (Å²) < 4.78 is 27.0. The van der Waals surface area contributed by atoms with E-state index < -0.39 is 29.4 Å². The van der Waals surface area contributed by atoms with Crippen LogP contribution in [0, 0.1) is 6.92 Å². The zero-order valence-electron chi connectivity index (χ0n) is 18.7. The van der Waals surface area contributed by atoms with Crippen LogP contribution in [0.25, 0.3) is 0 Å². The number of aromatic nitrogens is 1. The average Bonchev–Trinajstić information content (AvgIpc) is 3.25. The van der Waals surface area contributed by atoms with E-state index in [0.29, 0.717) is 24.2 Å². The van der Waals surface area contributed by atoms with Gasteiger partial charge >= 0.3 is 6.09 Å². The van der Waals surface area contributed by atoms with Crippen molar-refractivity contribution in [3.8, 4) is 0 Å². The molecule has 0 aliphatic rings. The summed E-state index contributed by atoms with van der Waals surface area (Å²) in [6.07, 6.45) is 0.0400. The van der Waals surface area contributed by atoms with Gasteiger partial charge in [-0.05, 0) is 36.6 Å². The molecule has 2 aromatic carbocycles. The van der Waals surface area contributed by atoms with Crippen molar-refractivity contribution < 1.29 is 23.1 Å². The number of nitrogens with zero attached hydrogens (tertiary/aromatic N) is 1. The molecule has 0 saturated heterocycles. The highest BCUT2D eigenvalue weighted by Gasteiger charge is 2.26. The van der Waals surface area contributed by atoms with Crippen molar-refractivity contribution >= 4 is 40.3 Å². The van der Waals surface area contributed by atoms with E-state index in [1.54, 1.807) is 12.1 Å². The Morgan fingerprint density at radius 1 is 1.06 bits per heavy atom. The first kappa shape index (κ1) is 25.3. The summed E-state index contributed by atoms with van der Waals surface area (Å²) in [7, 11) is 1.25. The van der Waals surface area contributed by atoms with Gasteiger partial charge in [0.05, 0.1) is 23.9 Å². The molecule has 0 fully saturated rings. The molecule has 11 heteroatoms. The largest absolute Gasteiger partial charge is 0.453 e. The number of thiazole rings is 1. The average molecular weight is 503 g/mol. The third-order valence-corrected chi connectivity index (χ3v) is 6.19. The van der Waals surface area contributed by atoms with Crippen molar-refractivity contribution in [3.63, 3.8) is 0 Å². The summed E-state index contributed by atoms with van der Waals surface area (Å²) in [5.74, 6) is -0.362. The second kappa shape index (κ2) is 12.3. The Morgan fingerprint density at radius 2 is 1.74 bits per heavy atom. The minimum atomic E-state index is -2.16. The minimum Gasteiger partial charge on any atom is -0.453 e. The lowest BCUT2D eigenvalue weighted by atomic mass is 10.0. The van der Waals surface area contributed by atoms with Crippen molar-refractivity contribution in [2.24, 2.45) is 0 Å². The highest BCUT2D eigenvalue weighted by molar-refractivity contribution is 7.80. The van der Waals surface area contributed by atoms with Crippen LogP contribution in [-0.2, 0) is 33.6 Å². The molecule has 0 saturated carbocycles. The number of rotatable bonds is 10. The fourth-order valence-corrected chi connectivity index (χ4v) is 4.35. The SMILES string of the molecule is COC(=O)N[C@@H](Cc1ccccc1)C(=O)N[C@@H](Cc1ccc(NS(=O)O)cc1)c1csc(C)n1. The van der Waals surface area contributed by atoms with E-state index in [4.69, 9.17) is 9.29 Å². The molecule has 1 heterocycles. The van der Waals surface area contributed by atoms with Crippen LogP contribution in [0.1, 0.15) is 27.9 Å². The molecule has 2 amide bonds. The van der Waals surface area contributed by atoms with Crippen LogP contribution in [0.4, 0.5) is 10.5 Å². The molecule has 180 valence electrons. The third kappa shape index (κ3) is 7.65. The number of hydrogen-bond donors (Lipinski definition) is 4. The van der Waals surface area contributed by atoms with E-state index in [1.165, 1.54) is 18.4 Å². The van der Waals surface area contributed by atoms with Gasteiger partial charge in [-0.3, -0.25) is 14.1 Å². The molecule has 3 aromatic rings. The Balaban J connectivity index is 1.79. The van der Waals surface area contributed by atoms with Crippen molar-refractivity contribution in [1.29, 1.82) is 0 Å². The van der Waals surface area contributed by atoms with Gasteiger partial charge in [0.15, 0.2) is 0 Å². The molecule has 9 nitrogen and oxygen atoms in total. The van der Waals surface area contributed by atoms with E-state index in [-0.39, 0.29) is 5.91 Å². The lowest BCUT2D eigenvalue weighted by molar-refractivity contribution is -0.123. The molecule has 1 aromatic heterocycles. The number of benzene rings is 2. The van der Waals surface area contributed by atoms with Crippen molar-refractivity contribution in [2.45, 2.75) is 31.8 Å². The molecule has 4 N–H and O–H groups in total. The standard InChI is InChI=1S/C23H26N4O5S2/c1-15-24-21(14-33-15)19(12-17-8-10-18(11-9-17)27-34(30)31)25-22(28)20(26-23(29)32-2)13-16-6-4-3-5-7-16/h3-11,14,19-20,27H,12-13H2,1-2H3,(H,25,28)(H,26,29)(H,30,31)/t19-,20-/m0/s1. The highest BCUT2D eigenvalue weighted by Crippen LogP contribution is 2.22. The van der Waals surface area contributed by atoms with Gasteiger partial charge in [-0.15, -0.1) is 11.3 Å². The number of aryl methyl sites for hydroxylation is 1. The van der Waals surface area contributed by atoms with Crippen LogP contribution >= 0.6 is 11.3 Å². The second-order valence-electron chi connectivity index (χ2n) is 7.48. The van der Waals surface area contributed by atoms with Crippen LogP contribution in [0.2, 0.25) is 0 Å². The molecular weight excluding hydrogens is 476 g/mol. The van der Waals surface area contributed by atoms with Crippen LogP contribution in [0.15, 0.2) is 60.0 Å². The second-order valence-corrected chi connectivity index (χ2v) is 9.25. The first-order valence-electron chi connectivity index (χ1n) is 10.4. The van der Waals surface area contributed by atoms with Crippen LogP contribution < -0.4 is 15.4 Å². The van der Waals surface area contributed by atoms with Gasteiger partial charge in [-0.25, -0.2) is 14.0 Å². The lowest BCUT2D eigenvalue weighted by Crippen LogP contribution is -2.49. The predicted octanol–water partition coefficient (Wildman–Crippen LogP) is 3.37. The number of methoxy groups -OCH3 is 1. The molecule has 0 aliphatic carbocycles. The van der Waals surface area contributed by atoms with E-state index in [1.807, 2.05) is 54.8 Å². The monoisotopic (exact) mass is 502 g/mol. The van der Waals surface area contributed by atoms with Gasteiger partial charge in [0, 0.05) is 17.5 Å². The Bertz CT molecular complexity index is 1120. The van der Waals surface area contributed by atoms with Crippen LogP contribution in [0.3, 0.4) is 0 Å². The molecule has 0 spiro atoms. The van der Waals surface area contributed by atoms with Gasteiger partial charge in [0.2, 0.25) is 5.91 Å². The number of carbonyl (C=O) groups excluding carboxylic acids is 2. The smallest absolute Gasteiger partial charge is 0.407 e. The number of ether oxygens (including phenoxy) is 1. The van der Waals surface area contributed by atoms with Gasteiger partial charge in [0.25, 0.3) is 11.3 Å². The first-order valence-corrected chi connectivity index (χ1v) is 12.4. The summed E-state index contributed by atoms with van der Waals surface area (Å²) in [4.78, 5) is 29.7. The highest BCUT2D eigenvalue weighted by atomic mass is 32.2. The maximum Gasteiger partial charge on any atom is 0.407 e. The lowest BCUT2D eigenvalue weighted by Gasteiger charge is -2.23. The summed E-state index contributed by atoms with van der Waals surface area (Å²) in [5, 5.41) is 8.40. The van der Waals surface area contributed by atoms with E-state index in [9.17, 15) is 13.8 Å². The molecule has 34 heavy (non-hydrogen) atoms.